The summed E-state index contributed by atoms with van der Waals surface area (Å²) in [5.41, 5.74) is -2.35. The first kappa shape index (κ1) is 15.8. The van der Waals surface area contributed by atoms with Crippen molar-refractivity contribution in [2.24, 2.45) is 0 Å². The van der Waals surface area contributed by atoms with Crippen LogP contribution in [0.25, 0.3) is 0 Å². The number of hydrogen-bond acceptors (Lipinski definition) is 3. The van der Waals surface area contributed by atoms with Gasteiger partial charge in [-0.25, -0.2) is 13.4 Å². The Morgan fingerprint density at radius 1 is 1.18 bits per heavy atom. The molecule has 1 aromatic rings. The number of nitrogens with one attached hydrogen (secondary N) is 1. The number of imidazole rings is 1. The second kappa shape index (κ2) is 5.23. The third kappa shape index (κ3) is 2.54. The lowest BCUT2D eigenvalue weighted by molar-refractivity contribution is -0.199. The Hall–Kier alpha value is -1.09. The van der Waals surface area contributed by atoms with Crippen molar-refractivity contribution in [2.75, 3.05) is 0 Å². The van der Waals surface area contributed by atoms with Crippen LogP contribution in [0.3, 0.4) is 0 Å². The van der Waals surface area contributed by atoms with E-state index in [1.165, 1.54) is 4.57 Å². The summed E-state index contributed by atoms with van der Waals surface area (Å²) in [5.74, 6) is 0.616. The van der Waals surface area contributed by atoms with Crippen LogP contribution in [-0.4, -0.2) is 29.7 Å². The van der Waals surface area contributed by atoms with Crippen LogP contribution in [0.4, 0.5) is 13.2 Å². The van der Waals surface area contributed by atoms with Crippen LogP contribution in [-0.2, 0) is 23.0 Å². The number of hydrogen-bond donors (Lipinski definition) is 1. The fourth-order valence-corrected chi connectivity index (χ4v) is 4.97. The van der Waals surface area contributed by atoms with E-state index in [1.807, 2.05) is 4.72 Å². The number of nitrogens with zero attached hydrogens (tertiary/aromatic N) is 2. The lowest BCUT2D eigenvalue weighted by Crippen LogP contribution is -2.59. The van der Waals surface area contributed by atoms with Crippen LogP contribution in [0, 0.1) is 0 Å². The van der Waals surface area contributed by atoms with Crippen molar-refractivity contribution in [1.29, 1.82) is 0 Å². The van der Waals surface area contributed by atoms with E-state index in [9.17, 15) is 21.6 Å². The zero-order valence-corrected chi connectivity index (χ0v) is 12.8. The topological polar surface area (TPSA) is 64.0 Å². The SMILES string of the molecule is O=S(=O)(NC1(C(F)(F)F)CCCCC1)c1cnc2n1CCC2. The average molecular weight is 337 g/mol. The zero-order chi connectivity index (χ0) is 16.0. The summed E-state index contributed by atoms with van der Waals surface area (Å²) in [6.45, 7) is 0.477. The summed E-state index contributed by atoms with van der Waals surface area (Å²) in [6, 6.07) is 0. The molecule has 0 radical (unpaired) electrons. The monoisotopic (exact) mass is 337 g/mol. The van der Waals surface area contributed by atoms with Crippen molar-refractivity contribution in [3.05, 3.63) is 12.0 Å². The molecule has 0 aromatic carbocycles. The predicted molar refractivity (Wildman–Crippen MR) is 72.7 cm³/mol. The van der Waals surface area contributed by atoms with E-state index in [1.54, 1.807) is 0 Å². The van der Waals surface area contributed by atoms with E-state index in [2.05, 4.69) is 4.98 Å². The van der Waals surface area contributed by atoms with E-state index in [0.717, 1.165) is 12.6 Å². The summed E-state index contributed by atoms with van der Waals surface area (Å²) >= 11 is 0. The lowest BCUT2D eigenvalue weighted by atomic mass is 9.82. The van der Waals surface area contributed by atoms with Crippen molar-refractivity contribution in [3.8, 4) is 0 Å². The Kier molecular flexibility index (Phi) is 3.75. The van der Waals surface area contributed by atoms with Crippen molar-refractivity contribution >= 4 is 10.0 Å². The molecule has 1 N–H and O–H groups in total. The Labute approximate surface area is 127 Å². The number of fused-ring (bicyclic) bond motifs is 1. The number of sulfonamides is 1. The maximum absolute atomic E-state index is 13.5. The summed E-state index contributed by atoms with van der Waals surface area (Å²) in [7, 11) is -4.25. The molecule has 0 amide bonds. The molecule has 2 aliphatic rings. The standard InChI is InChI=1S/C13H18F3N3O2S/c14-13(15,16)12(6-2-1-3-7-12)18-22(20,21)11-9-17-10-5-4-8-19(10)11/h9,18H,1-8H2. The Balaban J connectivity index is 1.95. The smallest absolute Gasteiger partial charge is 0.318 e. The highest BCUT2D eigenvalue weighted by atomic mass is 32.2. The van der Waals surface area contributed by atoms with Gasteiger partial charge in [0.25, 0.3) is 10.0 Å². The van der Waals surface area contributed by atoms with E-state index in [-0.39, 0.29) is 17.9 Å². The molecule has 124 valence electrons. The number of halogens is 3. The van der Waals surface area contributed by atoms with Gasteiger partial charge in [-0.2, -0.15) is 17.9 Å². The molecular weight excluding hydrogens is 319 g/mol. The van der Waals surface area contributed by atoms with E-state index in [4.69, 9.17) is 0 Å². The van der Waals surface area contributed by atoms with Crippen LogP contribution >= 0.6 is 0 Å². The minimum absolute atomic E-state index is 0.158. The average Bonchev–Trinajstić information content (AvgIpc) is 2.99. The number of rotatable bonds is 3. The molecule has 0 bridgehead atoms. The lowest BCUT2D eigenvalue weighted by Gasteiger charge is -2.39. The second-order valence-corrected chi connectivity index (χ2v) is 7.64. The minimum atomic E-state index is -4.60. The Morgan fingerprint density at radius 2 is 1.86 bits per heavy atom. The molecule has 0 unspecified atom stereocenters. The van der Waals surface area contributed by atoms with Gasteiger partial charge in [0, 0.05) is 13.0 Å². The maximum Gasteiger partial charge on any atom is 0.407 e. The van der Waals surface area contributed by atoms with Gasteiger partial charge in [-0.3, -0.25) is 0 Å². The van der Waals surface area contributed by atoms with Gasteiger partial charge in [-0.1, -0.05) is 19.3 Å². The van der Waals surface area contributed by atoms with Crippen molar-refractivity contribution in [3.63, 3.8) is 0 Å². The van der Waals surface area contributed by atoms with Gasteiger partial charge >= 0.3 is 6.18 Å². The molecule has 1 aliphatic carbocycles. The maximum atomic E-state index is 13.5. The van der Waals surface area contributed by atoms with Crippen molar-refractivity contribution < 1.29 is 21.6 Å². The summed E-state index contributed by atoms with van der Waals surface area (Å²) < 4.78 is 68.9. The van der Waals surface area contributed by atoms with Crippen molar-refractivity contribution in [1.82, 2.24) is 14.3 Å². The van der Waals surface area contributed by atoms with Crippen LogP contribution in [0.5, 0.6) is 0 Å². The van der Waals surface area contributed by atoms with Gasteiger partial charge in [0.05, 0.1) is 6.20 Å². The van der Waals surface area contributed by atoms with Crippen LogP contribution in [0.2, 0.25) is 0 Å². The first-order valence-corrected chi connectivity index (χ1v) is 8.89. The molecule has 2 heterocycles. The molecule has 3 rings (SSSR count). The molecular formula is C13H18F3N3O2S. The minimum Gasteiger partial charge on any atom is -0.318 e. The Bertz CT molecular complexity index is 661. The molecule has 0 atom stereocenters. The highest BCUT2D eigenvalue weighted by Crippen LogP contribution is 2.42. The third-order valence-electron chi connectivity index (χ3n) is 4.54. The molecule has 9 heteroatoms. The molecule has 1 fully saturated rings. The first-order valence-electron chi connectivity index (χ1n) is 7.40. The van der Waals surface area contributed by atoms with Gasteiger partial charge in [0.1, 0.15) is 11.4 Å². The summed E-state index contributed by atoms with van der Waals surface area (Å²) in [5, 5.41) is -0.158. The van der Waals surface area contributed by atoms with Gasteiger partial charge in [0.15, 0.2) is 5.03 Å². The van der Waals surface area contributed by atoms with Gasteiger partial charge < -0.3 is 4.57 Å². The third-order valence-corrected chi connectivity index (χ3v) is 6.07. The first-order chi connectivity index (χ1) is 10.3. The molecule has 1 aromatic heterocycles. The van der Waals surface area contributed by atoms with Crippen LogP contribution in [0.1, 0.15) is 44.3 Å². The molecule has 1 aliphatic heterocycles. The molecule has 1 saturated carbocycles. The normalized spacial score (nSPS) is 21.8. The van der Waals surface area contributed by atoms with Crippen LogP contribution < -0.4 is 4.72 Å². The number of aryl methyl sites for hydroxylation is 1. The van der Waals surface area contributed by atoms with Gasteiger partial charge in [0.2, 0.25) is 0 Å². The molecule has 22 heavy (non-hydrogen) atoms. The fraction of sp³-hybridized carbons (Fsp3) is 0.769. The summed E-state index contributed by atoms with van der Waals surface area (Å²) in [4.78, 5) is 4.00. The van der Waals surface area contributed by atoms with Crippen LogP contribution in [0.15, 0.2) is 11.2 Å². The van der Waals surface area contributed by atoms with Gasteiger partial charge in [-0.05, 0) is 19.3 Å². The highest BCUT2D eigenvalue weighted by molar-refractivity contribution is 7.89. The quantitative estimate of drug-likeness (QED) is 0.921. The molecule has 5 nitrogen and oxygen atoms in total. The predicted octanol–water partition coefficient (Wildman–Crippen LogP) is 2.37. The summed E-state index contributed by atoms with van der Waals surface area (Å²) in [6.07, 6.45) is -1.03. The van der Waals surface area contributed by atoms with E-state index < -0.39 is 21.7 Å². The second-order valence-electron chi connectivity index (χ2n) is 6.01. The van der Waals surface area contributed by atoms with E-state index in [0.29, 0.717) is 38.1 Å². The number of alkyl halides is 3. The van der Waals surface area contributed by atoms with E-state index >= 15 is 0 Å². The molecule has 0 saturated heterocycles. The van der Waals surface area contributed by atoms with Crippen molar-refractivity contribution in [2.45, 2.75) is 68.2 Å². The Morgan fingerprint density at radius 3 is 2.50 bits per heavy atom. The highest BCUT2D eigenvalue weighted by Gasteiger charge is 2.57. The largest absolute Gasteiger partial charge is 0.407 e. The van der Waals surface area contributed by atoms with Gasteiger partial charge in [-0.15, -0.1) is 0 Å². The zero-order valence-electron chi connectivity index (χ0n) is 12.0. The number of aromatic nitrogens is 2. The molecule has 0 spiro atoms. The fourth-order valence-electron chi connectivity index (χ4n) is 3.35.